The van der Waals surface area contributed by atoms with Gasteiger partial charge in [-0.25, -0.2) is 8.42 Å². The number of H-pyrrole nitrogens is 1. The summed E-state index contributed by atoms with van der Waals surface area (Å²) in [5, 5.41) is 15.2. The van der Waals surface area contributed by atoms with E-state index in [4.69, 9.17) is 12.2 Å². The van der Waals surface area contributed by atoms with Crippen LogP contribution < -0.4 is 5.32 Å². The summed E-state index contributed by atoms with van der Waals surface area (Å²) >= 11 is 5.07. The number of nitrogens with one attached hydrogen (secondary N) is 2. The van der Waals surface area contributed by atoms with Crippen molar-refractivity contribution in [1.82, 2.24) is 20.6 Å². The van der Waals surface area contributed by atoms with Crippen LogP contribution in [0.4, 0.5) is 19.1 Å². The molecule has 1 heterocycles. The fourth-order valence-electron chi connectivity index (χ4n) is 2.02. The highest BCUT2D eigenvalue weighted by Gasteiger charge is 2.37. The average molecular weight is 365 g/mol. The fourth-order valence-corrected chi connectivity index (χ4v) is 3.58. The van der Waals surface area contributed by atoms with Crippen LogP contribution in [0.25, 0.3) is 0 Å². The first-order valence-corrected chi connectivity index (χ1v) is 8.27. The van der Waals surface area contributed by atoms with Crippen LogP contribution in [-0.4, -0.2) is 40.3 Å². The van der Waals surface area contributed by atoms with Gasteiger partial charge in [0.2, 0.25) is 0 Å². The molecule has 23 heavy (non-hydrogen) atoms. The average Bonchev–Trinajstić information content (AvgIpc) is 2.88. The molecule has 0 aliphatic heterocycles. The number of alkyl halides is 3. The Morgan fingerprint density at radius 2 is 2.00 bits per heavy atom. The Hall–Kier alpha value is -2.08. The van der Waals surface area contributed by atoms with Crippen molar-refractivity contribution in [1.29, 1.82) is 0 Å². The lowest BCUT2D eigenvalue weighted by Crippen LogP contribution is -2.19. The minimum Gasteiger partial charge on any atom is -0.312 e. The maximum Gasteiger partial charge on any atom is 0.417 e. The maximum atomic E-state index is 13.1. The van der Waals surface area contributed by atoms with Gasteiger partial charge in [-0.3, -0.25) is 0 Å². The van der Waals surface area contributed by atoms with Gasteiger partial charge in [-0.05, 0) is 23.8 Å². The summed E-state index contributed by atoms with van der Waals surface area (Å²) < 4.78 is 62.8. The summed E-state index contributed by atoms with van der Waals surface area (Å²) in [4.78, 5) is -0.831. The fraction of sp³-hybridized carbons (Fsp3) is 0.273. The van der Waals surface area contributed by atoms with E-state index in [0.717, 1.165) is 6.07 Å². The highest BCUT2D eigenvalue weighted by molar-refractivity contribution is 7.90. The van der Waals surface area contributed by atoms with E-state index in [1.807, 2.05) is 0 Å². The van der Waals surface area contributed by atoms with Crippen molar-refractivity contribution in [3.8, 4) is 0 Å². The molecule has 0 bridgehead atoms. The third-order valence-corrected chi connectivity index (χ3v) is 4.49. The lowest BCUT2D eigenvalue weighted by molar-refractivity contribution is -0.139. The molecule has 1 aromatic carbocycles. The Bertz CT molecular complexity index is 847. The number of tetrazole rings is 1. The van der Waals surface area contributed by atoms with E-state index in [1.165, 1.54) is 6.92 Å². The Morgan fingerprint density at radius 1 is 1.35 bits per heavy atom. The van der Waals surface area contributed by atoms with Gasteiger partial charge in [0.1, 0.15) is 4.99 Å². The third-order valence-electron chi connectivity index (χ3n) is 2.90. The second kappa shape index (κ2) is 5.85. The number of thiocarbonyl (C=S) groups is 1. The predicted molar refractivity (Wildman–Crippen MR) is 78.8 cm³/mol. The summed E-state index contributed by atoms with van der Waals surface area (Å²) in [7, 11) is -4.12. The summed E-state index contributed by atoms with van der Waals surface area (Å²) in [6.07, 6.45) is -4.09. The van der Waals surface area contributed by atoms with Crippen LogP contribution in [0.5, 0.6) is 0 Å². The van der Waals surface area contributed by atoms with Gasteiger partial charge in [-0.15, -0.1) is 5.10 Å². The zero-order chi connectivity index (χ0) is 17.4. The van der Waals surface area contributed by atoms with Crippen molar-refractivity contribution in [3.63, 3.8) is 0 Å². The standard InChI is InChI=1S/C11H10F3N5O2S2/c1-5-6(9(22)15-10-16-18-19-17-10)3-4-7(11(12,13)14)8(5)23(2,20)21/h3-4H,1-2H3,(H2,15,16,17,18,19,22). The van der Waals surface area contributed by atoms with E-state index in [-0.39, 0.29) is 22.1 Å². The lowest BCUT2D eigenvalue weighted by Gasteiger charge is -2.17. The molecule has 0 unspecified atom stereocenters. The molecule has 12 heteroatoms. The number of rotatable bonds is 3. The SMILES string of the molecule is Cc1c(C(=S)Nc2nn[nH]n2)ccc(C(F)(F)F)c1S(C)(=O)=O. The van der Waals surface area contributed by atoms with E-state index < -0.39 is 26.5 Å². The molecule has 124 valence electrons. The van der Waals surface area contributed by atoms with Crippen LogP contribution in [-0.2, 0) is 16.0 Å². The molecule has 0 saturated heterocycles. The first kappa shape index (κ1) is 17.3. The summed E-state index contributed by atoms with van der Waals surface area (Å²) in [5.74, 6) is 0.00945. The Balaban J connectivity index is 2.58. The van der Waals surface area contributed by atoms with Crippen LogP contribution in [0.2, 0.25) is 0 Å². The number of sulfone groups is 1. The van der Waals surface area contributed by atoms with Crippen LogP contribution in [0, 0.1) is 6.92 Å². The lowest BCUT2D eigenvalue weighted by atomic mass is 10.0. The Kier molecular flexibility index (Phi) is 4.39. The number of benzene rings is 1. The monoisotopic (exact) mass is 365 g/mol. The molecule has 0 amide bonds. The van der Waals surface area contributed by atoms with E-state index in [9.17, 15) is 21.6 Å². The second-order valence-corrected chi connectivity index (χ2v) is 6.94. The van der Waals surface area contributed by atoms with Crippen molar-refractivity contribution >= 4 is 33.0 Å². The molecule has 2 aromatic rings. The van der Waals surface area contributed by atoms with Crippen molar-refractivity contribution < 1.29 is 21.6 Å². The highest BCUT2D eigenvalue weighted by atomic mass is 32.2. The quantitative estimate of drug-likeness (QED) is 0.799. The summed E-state index contributed by atoms with van der Waals surface area (Å²) in [6.45, 7) is 1.26. The molecule has 0 atom stereocenters. The van der Waals surface area contributed by atoms with Crippen LogP contribution in [0.15, 0.2) is 17.0 Å². The van der Waals surface area contributed by atoms with Crippen LogP contribution in [0.1, 0.15) is 16.7 Å². The Labute approximate surface area is 134 Å². The minimum absolute atomic E-state index is 0.00945. The molecule has 2 N–H and O–H groups in total. The van der Waals surface area contributed by atoms with E-state index in [1.54, 1.807) is 0 Å². The molecular weight excluding hydrogens is 355 g/mol. The number of aromatic amines is 1. The van der Waals surface area contributed by atoms with Gasteiger partial charge in [-0.2, -0.15) is 18.4 Å². The van der Waals surface area contributed by atoms with E-state index in [0.29, 0.717) is 12.3 Å². The highest BCUT2D eigenvalue weighted by Crippen LogP contribution is 2.37. The number of halogens is 3. The van der Waals surface area contributed by atoms with Gasteiger partial charge >= 0.3 is 6.18 Å². The largest absolute Gasteiger partial charge is 0.417 e. The van der Waals surface area contributed by atoms with Gasteiger partial charge in [0.25, 0.3) is 5.95 Å². The van der Waals surface area contributed by atoms with Gasteiger partial charge in [0.15, 0.2) is 9.84 Å². The zero-order valence-corrected chi connectivity index (χ0v) is 13.4. The van der Waals surface area contributed by atoms with E-state index >= 15 is 0 Å². The smallest absolute Gasteiger partial charge is 0.312 e. The topological polar surface area (TPSA) is 101 Å². The van der Waals surface area contributed by atoms with Crippen molar-refractivity contribution in [2.45, 2.75) is 18.0 Å². The van der Waals surface area contributed by atoms with Gasteiger partial charge in [0.05, 0.1) is 10.5 Å². The molecule has 0 aliphatic rings. The number of anilines is 1. The second-order valence-electron chi connectivity index (χ2n) is 4.57. The third kappa shape index (κ3) is 3.64. The molecule has 0 saturated carbocycles. The molecule has 0 radical (unpaired) electrons. The molecule has 2 rings (SSSR count). The molecular formula is C11H10F3N5O2S2. The van der Waals surface area contributed by atoms with Gasteiger partial charge in [-0.1, -0.05) is 23.4 Å². The van der Waals surface area contributed by atoms with Gasteiger partial charge in [0, 0.05) is 11.8 Å². The number of aromatic nitrogens is 4. The first-order valence-electron chi connectivity index (χ1n) is 5.97. The van der Waals surface area contributed by atoms with Crippen LogP contribution >= 0.6 is 12.2 Å². The summed E-state index contributed by atoms with van der Waals surface area (Å²) in [6, 6.07) is 1.78. The number of hydrogen-bond donors (Lipinski definition) is 2. The predicted octanol–water partition coefficient (Wildman–Crippen LogP) is 1.72. The minimum atomic E-state index is -4.80. The molecule has 0 spiro atoms. The molecule has 1 aromatic heterocycles. The van der Waals surface area contributed by atoms with Crippen molar-refractivity contribution in [2.75, 3.05) is 11.6 Å². The Morgan fingerprint density at radius 3 is 2.48 bits per heavy atom. The van der Waals surface area contributed by atoms with Crippen LogP contribution in [0.3, 0.4) is 0 Å². The first-order chi connectivity index (χ1) is 10.5. The number of nitrogens with zero attached hydrogens (tertiary/aromatic N) is 3. The molecule has 7 nitrogen and oxygen atoms in total. The normalized spacial score (nSPS) is 12.2. The van der Waals surface area contributed by atoms with Crippen molar-refractivity contribution in [2.24, 2.45) is 0 Å². The maximum absolute atomic E-state index is 13.1. The van der Waals surface area contributed by atoms with Crippen molar-refractivity contribution in [3.05, 3.63) is 28.8 Å². The zero-order valence-electron chi connectivity index (χ0n) is 11.8. The number of hydrogen-bond acceptors (Lipinski definition) is 6. The van der Waals surface area contributed by atoms with Gasteiger partial charge < -0.3 is 5.32 Å². The summed E-state index contributed by atoms with van der Waals surface area (Å²) in [5.41, 5.74) is -1.22. The van der Waals surface area contributed by atoms with E-state index in [2.05, 4.69) is 25.9 Å². The molecule has 0 aliphatic carbocycles. The molecule has 0 fully saturated rings.